The minimum atomic E-state index is -0.555. The molecule has 0 saturated heterocycles. The first-order valence-corrected chi connectivity index (χ1v) is 5.64. The number of hydrogen-bond acceptors (Lipinski definition) is 4. The molecule has 0 saturated carbocycles. The Labute approximate surface area is 97.6 Å². The zero-order chi connectivity index (χ0) is 9.72. The largest absolute Gasteiger partial charge is 0.367 e. The van der Waals surface area contributed by atoms with Gasteiger partial charge in [0.15, 0.2) is 0 Å². The van der Waals surface area contributed by atoms with Gasteiger partial charge in [0.05, 0.1) is 0 Å². The summed E-state index contributed by atoms with van der Waals surface area (Å²) in [4.78, 5) is 30.0. The van der Waals surface area contributed by atoms with Crippen LogP contribution in [0.1, 0.15) is 13.8 Å². The van der Waals surface area contributed by atoms with E-state index in [2.05, 4.69) is 9.78 Å². The van der Waals surface area contributed by atoms with Crippen LogP contribution in [-0.4, -0.2) is 19.8 Å². The predicted molar refractivity (Wildman–Crippen MR) is 59.1 cm³/mol. The van der Waals surface area contributed by atoms with E-state index in [-0.39, 0.29) is 7.85 Å². The Balaban J connectivity index is 3.69. The third-order valence-corrected chi connectivity index (χ3v) is 1.87. The Morgan fingerprint density at radius 2 is 1.25 bits per heavy atom. The minimum Gasteiger partial charge on any atom is -0.246 e. The molecule has 2 atom stereocenters. The lowest BCUT2D eigenvalue weighted by Crippen LogP contribution is -2.20. The molecule has 6 heteroatoms. The van der Waals surface area contributed by atoms with Gasteiger partial charge in [-0.25, -0.2) is 19.4 Å². The van der Waals surface area contributed by atoms with Gasteiger partial charge in [-0.2, -0.15) is 0 Å². The smallest absolute Gasteiger partial charge is 0.246 e. The van der Waals surface area contributed by atoms with E-state index in [4.69, 9.17) is 0 Å². The molecule has 12 heavy (non-hydrogen) atoms. The fourth-order valence-corrected chi connectivity index (χ4v) is 0.422. The number of rotatable bonds is 2. The van der Waals surface area contributed by atoms with E-state index < -0.39 is 11.9 Å². The van der Waals surface area contributed by atoms with Crippen LogP contribution >= 0.6 is 45.2 Å². The molecule has 0 aromatic rings. The van der Waals surface area contributed by atoms with Crippen LogP contribution in [-0.2, 0) is 19.4 Å². The molecule has 0 fully saturated rings. The molecule has 2 unspecified atom stereocenters. The lowest BCUT2D eigenvalue weighted by molar-refractivity contribution is -0.257. The van der Waals surface area contributed by atoms with Crippen molar-refractivity contribution in [1.29, 1.82) is 0 Å². The quantitative estimate of drug-likeness (QED) is 0.307. The van der Waals surface area contributed by atoms with Gasteiger partial charge in [0.2, 0.25) is 0 Å². The molecular formula is C6H8I2O4. The van der Waals surface area contributed by atoms with Crippen LogP contribution in [0.4, 0.5) is 0 Å². The maximum atomic E-state index is 10.8. The minimum absolute atomic E-state index is 0.320. The summed E-state index contributed by atoms with van der Waals surface area (Å²) in [6.45, 7) is 3.29. The van der Waals surface area contributed by atoms with Gasteiger partial charge in [0.1, 0.15) is 7.85 Å². The first kappa shape index (κ1) is 12.4. The van der Waals surface area contributed by atoms with E-state index in [9.17, 15) is 9.59 Å². The molecule has 0 aliphatic rings. The molecule has 0 spiro atoms. The van der Waals surface area contributed by atoms with Crippen LogP contribution < -0.4 is 0 Å². The number of halogens is 2. The highest BCUT2D eigenvalue weighted by molar-refractivity contribution is 14.1. The van der Waals surface area contributed by atoms with Gasteiger partial charge in [-0.3, -0.25) is 0 Å². The number of hydrogen-bond donors (Lipinski definition) is 0. The van der Waals surface area contributed by atoms with Gasteiger partial charge in [-0.05, 0) is 13.8 Å². The van der Waals surface area contributed by atoms with Gasteiger partial charge in [-0.15, -0.1) is 0 Å². The molecule has 0 aromatic heterocycles. The zero-order valence-corrected chi connectivity index (χ0v) is 10.9. The highest BCUT2D eigenvalue weighted by Gasteiger charge is 2.17. The third kappa shape index (κ3) is 5.12. The van der Waals surface area contributed by atoms with E-state index in [0.29, 0.717) is 0 Å². The monoisotopic (exact) mass is 398 g/mol. The summed E-state index contributed by atoms with van der Waals surface area (Å²) in [7, 11) is 0. The molecule has 0 aromatic carbocycles. The fraction of sp³-hybridized carbons (Fsp3) is 0.667. The van der Waals surface area contributed by atoms with Crippen molar-refractivity contribution in [1.82, 2.24) is 0 Å². The van der Waals surface area contributed by atoms with Gasteiger partial charge in [0.25, 0.3) is 0 Å². The van der Waals surface area contributed by atoms with Crippen molar-refractivity contribution in [2.24, 2.45) is 0 Å². The van der Waals surface area contributed by atoms with Crippen LogP contribution in [0.25, 0.3) is 0 Å². The Morgan fingerprint density at radius 1 is 1.00 bits per heavy atom. The third-order valence-electron chi connectivity index (χ3n) is 0.856. The average molecular weight is 398 g/mol. The van der Waals surface area contributed by atoms with Crippen molar-refractivity contribution < 1.29 is 19.4 Å². The number of carbonyl (C=O) groups is 2. The van der Waals surface area contributed by atoms with Crippen LogP contribution in [0.3, 0.4) is 0 Å². The van der Waals surface area contributed by atoms with Crippen molar-refractivity contribution in [3.8, 4) is 0 Å². The normalized spacial score (nSPS) is 14.7. The van der Waals surface area contributed by atoms with Gasteiger partial charge < -0.3 is 0 Å². The van der Waals surface area contributed by atoms with Gasteiger partial charge in [0, 0.05) is 0 Å². The molecular weight excluding hydrogens is 390 g/mol. The van der Waals surface area contributed by atoms with Crippen LogP contribution in [0.2, 0.25) is 0 Å². The van der Waals surface area contributed by atoms with Crippen LogP contribution in [0.15, 0.2) is 0 Å². The number of carbonyl (C=O) groups excluding carboxylic acids is 2. The molecule has 0 heterocycles. The Hall–Kier alpha value is 0.400. The average Bonchev–Trinajstić information content (AvgIpc) is 1.98. The molecule has 0 aliphatic heterocycles. The molecule has 0 N–H and O–H groups in total. The second-order valence-corrected chi connectivity index (χ2v) is 5.77. The standard InChI is InChI=1S/C6H8I2O4/c1-3(7)5(9)11-12-6(10)4(2)8/h3-4H,1-2H3. The molecule has 70 valence electrons. The summed E-state index contributed by atoms with van der Waals surface area (Å²) in [6.07, 6.45) is 0. The second-order valence-electron chi connectivity index (χ2n) is 2.04. The zero-order valence-electron chi connectivity index (χ0n) is 6.54. The van der Waals surface area contributed by atoms with E-state index >= 15 is 0 Å². The summed E-state index contributed by atoms with van der Waals surface area (Å²) < 4.78 is -0.639. The maximum absolute atomic E-state index is 10.8. The van der Waals surface area contributed by atoms with Crippen molar-refractivity contribution >= 4 is 57.1 Å². The highest BCUT2D eigenvalue weighted by atomic mass is 127. The number of alkyl halides is 2. The molecule has 0 amide bonds. The highest BCUT2D eigenvalue weighted by Crippen LogP contribution is 2.04. The molecule has 0 radical (unpaired) electrons. The van der Waals surface area contributed by atoms with Crippen molar-refractivity contribution in [3.63, 3.8) is 0 Å². The lowest BCUT2D eigenvalue weighted by Gasteiger charge is -2.04. The summed E-state index contributed by atoms with van der Waals surface area (Å²) in [5.74, 6) is -1.11. The van der Waals surface area contributed by atoms with E-state index in [1.165, 1.54) is 0 Å². The molecule has 0 rings (SSSR count). The summed E-state index contributed by atoms with van der Waals surface area (Å²) in [5.41, 5.74) is 0. The lowest BCUT2D eigenvalue weighted by atomic mass is 10.5. The van der Waals surface area contributed by atoms with Gasteiger partial charge in [-0.1, -0.05) is 45.2 Å². The SMILES string of the molecule is CC(I)C(=O)OOC(=O)C(C)I. The molecule has 4 nitrogen and oxygen atoms in total. The summed E-state index contributed by atoms with van der Waals surface area (Å²) in [6, 6.07) is 0. The van der Waals surface area contributed by atoms with Crippen LogP contribution in [0.5, 0.6) is 0 Å². The van der Waals surface area contributed by atoms with Crippen molar-refractivity contribution in [2.75, 3.05) is 0 Å². The topological polar surface area (TPSA) is 52.6 Å². The van der Waals surface area contributed by atoms with E-state index in [1.54, 1.807) is 13.8 Å². The second kappa shape index (κ2) is 5.95. The predicted octanol–water partition coefficient (Wildman–Crippen LogP) is 1.63. The van der Waals surface area contributed by atoms with Crippen LogP contribution in [0, 0.1) is 0 Å². The maximum Gasteiger partial charge on any atom is 0.367 e. The van der Waals surface area contributed by atoms with E-state index in [1.807, 2.05) is 45.2 Å². The van der Waals surface area contributed by atoms with Crippen molar-refractivity contribution in [2.45, 2.75) is 21.7 Å². The first-order chi connectivity index (χ1) is 5.45. The Morgan fingerprint density at radius 3 is 1.42 bits per heavy atom. The summed E-state index contributed by atoms with van der Waals surface area (Å²) >= 11 is 3.73. The van der Waals surface area contributed by atoms with Gasteiger partial charge >= 0.3 is 11.9 Å². The fourth-order valence-electron chi connectivity index (χ4n) is 0.215. The Kier molecular flexibility index (Phi) is 6.14. The Bertz CT molecular complexity index is 158. The first-order valence-electron chi connectivity index (χ1n) is 3.15. The van der Waals surface area contributed by atoms with Crippen molar-refractivity contribution in [3.05, 3.63) is 0 Å². The van der Waals surface area contributed by atoms with E-state index in [0.717, 1.165) is 0 Å². The molecule has 0 bridgehead atoms. The molecule has 0 aliphatic carbocycles. The summed E-state index contributed by atoms with van der Waals surface area (Å²) in [5, 5.41) is 0.